The minimum atomic E-state index is -0.419. The summed E-state index contributed by atoms with van der Waals surface area (Å²) in [4.78, 5) is 22.3. The molecule has 1 aromatic carbocycles. The monoisotopic (exact) mass is 267 g/mol. The van der Waals surface area contributed by atoms with Crippen LogP contribution < -0.4 is 5.73 Å². The average Bonchev–Trinajstić information content (AvgIpc) is 2.47. The van der Waals surface area contributed by atoms with Crippen molar-refractivity contribution in [1.82, 2.24) is 14.9 Å². The Kier molecular flexibility index (Phi) is 3.43. The number of primary amides is 1. The number of rotatable bonds is 3. The number of carbonyl (C=O) groups is 1. The third kappa shape index (κ3) is 2.40. The van der Waals surface area contributed by atoms with Crippen LogP contribution in [0.4, 0.5) is 0 Å². The Hall–Kier alpha value is -2.27. The van der Waals surface area contributed by atoms with E-state index in [1.165, 1.54) is 0 Å². The van der Waals surface area contributed by atoms with Crippen LogP contribution >= 0.6 is 0 Å². The third-order valence-electron chi connectivity index (χ3n) is 3.55. The fourth-order valence-electron chi connectivity index (χ4n) is 2.65. The number of nitrogens with two attached hydrogens (primary N) is 1. The van der Waals surface area contributed by atoms with E-state index in [-0.39, 0.29) is 5.91 Å². The molecule has 0 fully saturated rings. The first-order valence-corrected chi connectivity index (χ1v) is 6.54. The summed E-state index contributed by atoms with van der Waals surface area (Å²) in [6.07, 6.45) is 4.28. The van der Waals surface area contributed by atoms with Gasteiger partial charge in [-0.2, -0.15) is 0 Å². The number of amides is 1. The molecule has 1 radical (unpaired) electrons. The molecule has 1 aliphatic heterocycles. The van der Waals surface area contributed by atoms with Crippen LogP contribution in [0.15, 0.2) is 36.7 Å². The zero-order valence-corrected chi connectivity index (χ0v) is 11.0. The second kappa shape index (κ2) is 5.38. The van der Waals surface area contributed by atoms with Gasteiger partial charge in [0, 0.05) is 18.9 Å². The van der Waals surface area contributed by atoms with Crippen molar-refractivity contribution >= 4 is 5.91 Å². The largest absolute Gasteiger partial charge is 0.368 e. The standard InChI is InChI=1S/C15H15N4O/c16-15(20)14-12-5-2-1-4-11(12)6-9-19(14)10-13-17-7-3-8-18-13/h2-5,7-8,14H,6,9-10H2,(H2,16,20). The zero-order valence-electron chi connectivity index (χ0n) is 11.0. The molecule has 0 saturated carbocycles. The second-order valence-electron chi connectivity index (χ2n) is 4.82. The predicted octanol–water partition coefficient (Wildman–Crippen LogP) is 0.861. The quantitative estimate of drug-likeness (QED) is 0.895. The van der Waals surface area contributed by atoms with Gasteiger partial charge in [-0.3, -0.25) is 9.69 Å². The molecule has 3 rings (SSSR count). The highest BCUT2D eigenvalue weighted by atomic mass is 16.1. The highest BCUT2D eigenvalue weighted by Gasteiger charge is 2.31. The third-order valence-corrected chi connectivity index (χ3v) is 3.55. The van der Waals surface area contributed by atoms with E-state index in [2.05, 4.69) is 16.0 Å². The molecule has 1 aromatic heterocycles. The first-order valence-electron chi connectivity index (χ1n) is 6.54. The summed E-state index contributed by atoms with van der Waals surface area (Å²) in [7, 11) is 0. The van der Waals surface area contributed by atoms with Crippen molar-refractivity contribution in [3.05, 3.63) is 59.7 Å². The lowest BCUT2D eigenvalue weighted by Gasteiger charge is -2.34. The van der Waals surface area contributed by atoms with Crippen molar-refractivity contribution in [2.75, 3.05) is 6.54 Å². The summed E-state index contributed by atoms with van der Waals surface area (Å²) < 4.78 is 0. The highest BCUT2D eigenvalue weighted by Crippen LogP contribution is 2.29. The highest BCUT2D eigenvalue weighted by molar-refractivity contribution is 5.82. The van der Waals surface area contributed by atoms with Crippen LogP contribution in [0.2, 0.25) is 0 Å². The fourth-order valence-corrected chi connectivity index (χ4v) is 2.65. The number of hydrogen-bond acceptors (Lipinski definition) is 4. The van der Waals surface area contributed by atoms with E-state index in [0.717, 1.165) is 24.1 Å². The molecule has 2 aromatic rings. The molecule has 0 aliphatic carbocycles. The van der Waals surface area contributed by atoms with E-state index in [1.807, 2.05) is 23.1 Å². The molecule has 1 amide bonds. The normalized spacial score (nSPS) is 18.5. The van der Waals surface area contributed by atoms with Crippen LogP contribution in [0.1, 0.15) is 23.0 Å². The summed E-state index contributed by atoms with van der Waals surface area (Å²) in [5.41, 5.74) is 7.71. The number of benzene rings is 1. The predicted molar refractivity (Wildman–Crippen MR) is 73.4 cm³/mol. The van der Waals surface area contributed by atoms with E-state index in [4.69, 9.17) is 5.73 Å². The Morgan fingerprint density at radius 3 is 3.00 bits per heavy atom. The zero-order chi connectivity index (χ0) is 13.9. The maximum Gasteiger partial charge on any atom is 0.239 e. The fraction of sp³-hybridized carbons (Fsp3) is 0.267. The van der Waals surface area contributed by atoms with Gasteiger partial charge < -0.3 is 5.73 Å². The van der Waals surface area contributed by atoms with Crippen molar-refractivity contribution < 1.29 is 4.79 Å². The van der Waals surface area contributed by atoms with E-state index >= 15 is 0 Å². The van der Waals surface area contributed by atoms with E-state index in [1.54, 1.807) is 18.5 Å². The number of aromatic nitrogens is 2. The number of fused-ring (bicyclic) bond motifs is 1. The van der Waals surface area contributed by atoms with Gasteiger partial charge in [0.25, 0.3) is 0 Å². The molecule has 101 valence electrons. The van der Waals surface area contributed by atoms with E-state index in [0.29, 0.717) is 12.4 Å². The molecule has 2 heterocycles. The number of carbonyl (C=O) groups excluding carboxylic acids is 1. The molecular weight excluding hydrogens is 252 g/mol. The summed E-state index contributed by atoms with van der Waals surface area (Å²) in [6.45, 7) is 1.28. The first-order chi connectivity index (χ1) is 9.75. The van der Waals surface area contributed by atoms with Gasteiger partial charge in [-0.1, -0.05) is 18.2 Å². The van der Waals surface area contributed by atoms with Crippen molar-refractivity contribution in [3.8, 4) is 0 Å². The van der Waals surface area contributed by atoms with Crippen molar-refractivity contribution in [2.45, 2.75) is 19.0 Å². The molecule has 20 heavy (non-hydrogen) atoms. The minimum absolute atomic E-state index is 0.340. The Labute approximate surface area is 117 Å². The Morgan fingerprint density at radius 2 is 2.25 bits per heavy atom. The molecule has 0 spiro atoms. The molecule has 5 nitrogen and oxygen atoms in total. The molecule has 5 heteroatoms. The van der Waals surface area contributed by atoms with Crippen LogP contribution in [0, 0.1) is 6.07 Å². The summed E-state index contributed by atoms with van der Waals surface area (Å²) in [6, 6.07) is 10.1. The van der Waals surface area contributed by atoms with Crippen LogP contribution in [-0.4, -0.2) is 27.3 Å². The van der Waals surface area contributed by atoms with Crippen LogP contribution in [0.5, 0.6) is 0 Å². The number of hydrogen-bond donors (Lipinski definition) is 1. The number of nitrogens with zero attached hydrogens (tertiary/aromatic N) is 3. The first kappa shape index (κ1) is 12.7. The lowest BCUT2D eigenvalue weighted by Crippen LogP contribution is -2.42. The van der Waals surface area contributed by atoms with Gasteiger partial charge in [0.15, 0.2) is 0 Å². The Morgan fingerprint density at radius 1 is 1.45 bits per heavy atom. The van der Waals surface area contributed by atoms with Gasteiger partial charge in [0.1, 0.15) is 11.9 Å². The van der Waals surface area contributed by atoms with Crippen molar-refractivity contribution in [2.24, 2.45) is 5.73 Å². The van der Waals surface area contributed by atoms with Gasteiger partial charge in [0.05, 0.1) is 6.54 Å². The molecule has 0 saturated heterocycles. The molecule has 1 aliphatic rings. The van der Waals surface area contributed by atoms with Crippen LogP contribution in [0.3, 0.4) is 0 Å². The second-order valence-corrected chi connectivity index (χ2v) is 4.82. The molecule has 1 atom stereocenters. The van der Waals surface area contributed by atoms with Crippen LogP contribution in [0.25, 0.3) is 0 Å². The SMILES string of the molecule is NC(=O)C1c2cc[c]cc2CCN1Cc1ncccn1. The maximum absolute atomic E-state index is 11.8. The van der Waals surface area contributed by atoms with Gasteiger partial charge in [-0.05, 0) is 29.7 Å². The smallest absolute Gasteiger partial charge is 0.239 e. The van der Waals surface area contributed by atoms with Gasteiger partial charge in [-0.25, -0.2) is 9.97 Å². The van der Waals surface area contributed by atoms with Gasteiger partial charge in [-0.15, -0.1) is 0 Å². The summed E-state index contributed by atoms with van der Waals surface area (Å²) in [5.74, 6) is 0.359. The van der Waals surface area contributed by atoms with Gasteiger partial charge in [0.2, 0.25) is 5.91 Å². The average molecular weight is 267 g/mol. The van der Waals surface area contributed by atoms with Crippen LogP contribution in [-0.2, 0) is 17.8 Å². The van der Waals surface area contributed by atoms with Crippen molar-refractivity contribution in [3.63, 3.8) is 0 Å². The van der Waals surface area contributed by atoms with Gasteiger partial charge >= 0.3 is 0 Å². The lowest BCUT2D eigenvalue weighted by atomic mass is 9.92. The Bertz CT molecular complexity index is 614. The van der Waals surface area contributed by atoms with E-state index in [9.17, 15) is 4.79 Å². The molecule has 2 N–H and O–H groups in total. The lowest BCUT2D eigenvalue weighted by molar-refractivity contribution is -0.124. The molecular formula is C15H15N4O. The molecule has 1 unspecified atom stereocenters. The molecule has 0 bridgehead atoms. The van der Waals surface area contributed by atoms with E-state index < -0.39 is 6.04 Å². The summed E-state index contributed by atoms with van der Waals surface area (Å²) in [5, 5.41) is 0. The topological polar surface area (TPSA) is 72.1 Å². The van der Waals surface area contributed by atoms with Crippen molar-refractivity contribution in [1.29, 1.82) is 0 Å². The summed E-state index contributed by atoms with van der Waals surface area (Å²) >= 11 is 0. The maximum atomic E-state index is 11.8. The Balaban J connectivity index is 1.91. The minimum Gasteiger partial charge on any atom is -0.368 e.